The molecule has 4 rings (SSSR count). The van der Waals surface area contributed by atoms with E-state index >= 15 is 0 Å². The summed E-state index contributed by atoms with van der Waals surface area (Å²) in [5.41, 5.74) is 2.56. The summed E-state index contributed by atoms with van der Waals surface area (Å²) >= 11 is 5.28. The molecule has 0 aliphatic heterocycles. The molecule has 0 amide bonds. The van der Waals surface area contributed by atoms with Gasteiger partial charge in [0.25, 0.3) is 0 Å². The molecule has 6 heteroatoms. The van der Waals surface area contributed by atoms with Crippen LogP contribution in [0.2, 0.25) is 0 Å². The van der Waals surface area contributed by atoms with E-state index in [0.29, 0.717) is 17.3 Å². The van der Waals surface area contributed by atoms with Gasteiger partial charge in [0.05, 0.1) is 18.4 Å². The first-order valence-electron chi connectivity index (χ1n) is 8.50. The van der Waals surface area contributed by atoms with E-state index in [-0.39, 0.29) is 5.82 Å². The van der Waals surface area contributed by atoms with Crippen molar-refractivity contribution in [3.8, 4) is 0 Å². The average Bonchev–Trinajstić information content (AvgIpc) is 3.09. The van der Waals surface area contributed by atoms with Gasteiger partial charge >= 0.3 is 0 Å². The zero-order valence-electron chi connectivity index (χ0n) is 14.4. The second-order valence-electron chi connectivity index (χ2n) is 6.15. The van der Waals surface area contributed by atoms with Crippen LogP contribution in [0.15, 0.2) is 79.1 Å². The highest BCUT2D eigenvalue weighted by Crippen LogP contribution is 2.20. The van der Waals surface area contributed by atoms with Gasteiger partial charge < -0.3 is 10.6 Å². The minimum absolute atomic E-state index is 0.314. The highest BCUT2D eigenvalue weighted by Gasteiger charge is 2.05. The molecule has 134 valence electrons. The standard InChI is InChI=1S/C21H17FN4S/c22-17-8-4-9-18(11-17)24-21(27)25-19-12-23-26(14-19)13-16-7-3-6-15-5-1-2-10-20(15)16/h1-12,14H,13H2,(H2,24,25,27). The Morgan fingerprint density at radius 1 is 0.963 bits per heavy atom. The summed E-state index contributed by atoms with van der Waals surface area (Å²) in [5, 5.41) is 13.2. The molecule has 0 aliphatic carbocycles. The molecule has 0 saturated carbocycles. The van der Waals surface area contributed by atoms with E-state index in [2.05, 4.69) is 46.1 Å². The summed E-state index contributed by atoms with van der Waals surface area (Å²) in [7, 11) is 0. The Labute approximate surface area is 161 Å². The molecule has 1 aromatic heterocycles. The van der Waals surface area contributed by atoms with Crippen molar-refractivity contribution in [1.29, 1.82) is 0 Å². The van der Waals surface area contributed by atoms with Gasteiger partial charge in [-0.15, -0.1) is 0 Å². The maximum absolute atomic E-state index is 13.2. The Kier molecular flexibility index (Phi) is 4.80. The maximum Gasteiger partial charge on any atom is 0.175 e. The first-order valence-corrected chi connectivity index (χ1v) is 8.91. The first-order chi connectivity index (χ1) is 13.2. The minimum Gasteiger partial charge on any atom is -0.332 e. The van der Waals surface area contributed by atoms with Gasteiger partial charge in [0, 0.05) is 11.9 Å². The minimum atomic E-state index is -0.314. The SMILES string of the molecule is Fc1cccc(NC(=S)Nc2cnn(Cc3cccc4ccccc34)c2)c1. The number of halogens is 1. The molecule has 27 heavy (non-hydrogen) atoms. The molecule has 0 bridgehead atoms. The van der Waals surface area contributed by atoms with Gasteiger partial charge in [-0.2, -0.15) is 5.10 Å². The molecular formula is C21H17FN4S. The van der Waals surface area contributed by atoms with Crippen LogP contribution >= 0.6 is 12.2 Å². The smallest absolute Gasteiger partial charge is 0.175 e. The second-order valence-corrected chi connectivity index (χ2v) is 6.56. The van der Waals surface area contributed by atoms with Crippen LogP contribution in [0.5, 0.6) is 0 Å². The Morgan fingerprint density at radius 3 is 2.63 bits per heavy atom. The van der Waals surface area contributed by atoms with Crippen molar-refractivity contribution in [2.24, 2.45) is 0 Å². The van der Waals surface area contributed by atoms with Crippen LogP contribution < -0.4 is 10.6 Å². The molecule has 0 unspecified atom stereocenters. The fraction of sp³-hybridized carbons (Fsp3) is 0.0476. The number of thiocarbonyl (C=S) groups is 1. The van der Waals surface area contributed by atoms with E-state index in [4.69, 9.17) is 12.2 Å². The van der Waals surface area contributed by atoms with Crippen molar-refractivity contribution in [3.63, 3.8) is 0 Å². The van der Waals surface area contributed by atoms with Gasteiger partial charge in [-0.25, -0.2) is 4.39 Å². The quantitative estimate of drug-likeness (QED) is 0.490. The van der Waals surface area contributed by atoms with Gasteiger partial charge in [0.15, 0.2) is 5.11 Å². The largest absolute Gasteiger partial charge is 0.332 e. The van der Waals surface area contributed by atoms with Gasteiger partial charge in [-0.3, -0.25) is 4.68 Å². The summed E-state index contributed by atoms with van der Waals surface area (Å²) in [5.74, 6) is -0.314. The third-order valence-corrected chi connectivity index (χ3v) is 4.39. The topological polar surface area (TPSA) is 41.9 Å². The molecule has 4 nitrogen and oxygen atoms in total. The fourth-order valence-corrected chi connectivity index (χ4v) is 3.21. The van der Waals surface area contributed by atoms with E-state index in [9.17, 15) is 4.39 Å². The highest BCUT2D eigenvalue weighted by atomic mass is 32.1. The van der Waals surface area contributed by atoms with Crippen LogP contribution in [0.3, 0.4) is 0 Å². The monoisotopic (exact) mass is 376 g/mol. The number of hydrogen-bond donors (Lipinski definition) is 2. The summed E-state index contributed by atoms with van der Waals surface area (Å²) in [6.45, 7) is 0.660. The Balaban J connectivity index is 1.44. The van der Waals surface area contributed by atoms with E-state index in [1.807, 2.05) is 23.0 Å². The zero-order chi connectivity index (χ0) is 18.6. The van der Waals surface area contributed by atoms with Crippen LogP contribution in [0.4, 0.5) is 15.8 Å². The molecule has 1 heterocycles. The predicted molar refractivity (Wildman–Crippen MR) is 112 cm³/mol. The fourth-order valence-electron chi connectivity index (χ4n) is 2.98. The lowest BCUT2D eigenvalue weighted by Gasteiger charge is -2.09. The lowest BCUT2D eigenvalue weighted by Crippen LogP contribution is -2.18. The number of aromatic nitrogens is 2. The molecule has 0 aliphatic rings. The van der Waals surface area contributed by atoms with E-state index in [1.54, 1.807) is 18.3 Å². The Morgan fingerprint density at radius 2 is 1.74 bits per heavy atom. The number of benzene rings is 3. The van der Waals surface area contributed by atoms with Crippen molar-refractivity contribution in [3.05, 3.63) is 90.5 Å². The molecule has 4 aromatic rings. The van der Waals surface area contributed by atoms with Crippen LogP contribution in [-0.2, 0) is 6.54 Å². The molecule has 0 fully saturated rings. The van der Waals surface area contributed by atoms with E-state index in [1.165, 1.54) is 28.5 Å². The summed E-state index contributed by atoms with van der Waals surface area (Å²) in [6, 6.07) is 20.7. The van der Waals surface area contributed by atoms with Crippen LogP contribution in [0, 0.1) is 5.82 Å². The predicted octanol–water partition coefficient (Wildman–Crippen LogP) is 5.03. The third-order valence-electron chi connectivity index (χ3n) is 4.19. The van der Waals surface area contributed by atoms with Gasteiger partial charge in [0.1, 0.15) is 5.82 Å². The number of nitrogens with one attached hydrogen (secondary N) is 2. The number of anilines is 2. The van der Waals surface area contributed by atoms with Gasteiger partial charge in [-0.1, -0.05) is 48.5 Å². The molecule has 0 spiro atoms. The van der Waals surface area contributed by atoms with E-state index in [0.717, 1.165) is 5.69 Å². The number of fused-ring (bicyclic) bond motifs is 1. The van der Waals surface area contributed by atoms with Crippen LogP contribution in [0.1, 0.15) is 5.56 Å². The molecule has 3 aromatic carbocycles. The van der Waals surface area contributed by atoms with Gasteiger partial charge in [0.2, 0.25) is 0 Å². The third kappa shape index (κ3) is 4.12. The molecule has 0 saturated heterocycles. The Bertz CT molecular complexity index is 1100. The van der Waals surface area contributed by atoms with E-state index < -0.39 is 0 Å². The molecule has 0 radical (unpaired) electrons. The normalized spacial score (nSPS) is 10.7. The summed E-state index contributed by atoms with van der Waals surface area (Å²) in [4.78, 5) is 0. The Hall–Kier alpha value is -3.25. The highest BCUT2D eigenvalue weighted by molar-refractivity contribution is 7.80. The zero-order valence-corrected chi connectivity index (χ0v) is 15.2. The number of nitrogens with zero attached hydrogens (tertiary/aromatic N) is 2. The molecular weight excluding hydrogens is 359 g/mol. The summed E-state index contributed by atoms with van der Waals surface area (Å²) in [6.07, 6.45) is 3.60. The van der Waals surface area contributed by atoms with Crippen LogP contribution in [-0.4, -0.2) is 14.9 Å². The molecule has 0 atom stereocenters. The first kappa shape index (κ1) is 17.2. The maximum atomic E-state index is 13.2. The van der Waals surface area contributed by atoms with Gasteiger partial charge in [-0.05, 0) is 46.8 Å². The van der Waals surface area contributed by atoms with Crippen molar-refractivity contribution in [2.75, 3.05) is 10.6 Å². The lowest BCUT2D eigenvalue weighted by atomic mass is 10.0. The van der Waals surface area contributed by atoms with Crippen molar-refractivity contribution >= 4 is 39.5 Å². The molecule has 2 N–H and O–H groups in total. The number of rotatable bonds is 4. The van der Waals surface area contributed by atoms with Crippen LogP contribution in [0.25, 0.3) is 10.8 Å². The lowest BCUT2D eigenvalue weighted by molar-refractivity contribution is 0.628. The second kappa shape index (κ2) is 7.55. The van der Waals surface area contributed by atoms with Crippen molar-refractivity contribution in [2.45, 2.75) is 6.54 Å². The number of hydrogen-bond acceptors (Lipinski definition) is 2. The van der Waals surface area contributed by atoms with Crippen molar-refractivity contribution in [1.82, 2.24) is 9.78 Å². The average molecular weight is 376 g/mol. The summed E-state index contributed by atoms with van der Waals surface area (Å²) < 4.78 is 15.1. The van der Waals surface area contributed by atoms with Crippen molar-refractivity contribution < 1.29 is 4.39 Å².